The fourth-order valence-electron chi connectivity index (χ4n) is 4.50. The van der Waals surface area contributed by atoms with Gasteiger partial charge in [0.05, 0.1) is 46.9 Å². The molecular formula is C41H51Br3Cl2N8O10S3. The molecule has 1 saturated heterocycles. The molecule has 26 heteroatoms. The molecule has 3 aromatic heterocycles. The zero-order chi connectivity index (χ0) is 51.4. The number of sulfone groups is 1. The molecule has 67 heavy (non-hydrogen) atoms. The number of carbonyl (C=O) groups is 2. The first-order chi connectivity index (χ1) is 31.4. The number of aliphatic hydroxyl groups is 1. The number of rotatable bonds is 10. The van der Waals surface area contributed by atoms with E-state index in [4.69, 9.17) is 27.2 Å². The summed E-state index contributed by atoms with van der Waals surface area (Å²) < 4.78 is 80.4. The molecular weight excluding hydrogens is 1170 g/mol. The minimum atomic E-state index is -3.95. The van der Waals surface area contributed by atoms with Gasteiger partial charge in [0, 0.05) is 73.7 Å². The Bertz CT molecular complexity index is 2620. The Morgan fingerprint density at radius 2 is 1.31 bits per heavy atom. The number of benzene rings is 2. The maximum absolute atomic E-state index is 12.5. The Kier molecular flexibility index (Phi) is 30.4. The topological polar surface area (TPSA) is 270 Å². The Morgan fingerprint density at radius 3 is 1.73 bits per heavy atom. The summed E-state index contributed by atoms with van der Waals surface area (Å²) >= 11 is 14.7. The second-order valence-corrected chi connectivity index (χ2v) is 22.0. The quantitative estimate of drug-likeness (QED) is 0.0578. The molecule has 368 valence electrons. The van der Waals surface area contributed by atoms with Crippen LogP contribution in [0.25, 0.3) is 0 Å². The molecule has 1 amide bonds. The van der Waals surface area contributed by atoms with Crippen molar-refractivity contribution < 1.29 is 44.7 Å². The van der Waals surface area contributed by atoms with Crippen LogP contribution in [0.15, 0.2) is 115 Å². The summed E-state index contributed by atoms with van der Waals surface area (Å²) in [4.78, 5) is 31.4. The lowest BCUT2D eigenvalue weighted by atomic mass is 10.2. The van der Waals surface area contributed by atoms with E-state index in [1.165, 1.54) is 0 Å². The van der Waals surface area contributed by atoms with E-state index in [1.54, 1.807) is 38.5 Å². The minimum absolute atomic E-state index is 0.00132. The monoisotopic (exact) mass is 1220 g/mol. The largest absolute Gasteiger partial charge is 0.447 e. The van der Waals surface area contributed by atoms with E-state index in [-0.39, 0.29) is 25.5 Å². The van der Waals surface area contributed by atoms with Crippen LogP contribution >= 0.6 is 70.1 Å². The number of cyclic esters (lactones) is 1. The lowest BCUT2D eigenvalue weighted by Crippen LogP contribution is -2.36. The first kappa shape index (κ1) is 62.7. The number of pyridine rings is 3. The van der Waals surface area contributed by atoms with Crippen LogP contribution in [0.5, 0.6) is 0 Å². The number of aryl methyl sites for hydroxylation is 3. The number of nitrogen functional groups attached to an aromatic ring is 1. The van der Waals surface area contributed by atoms with Crippen LogP contribution in [0.4, 0.5) is 21.9 Å². The van der Waals surface area contributed by atoms with Gasteiger partial charge in [-0.1, -0.05) is 48.5 Å². The van der Waals surface area contributed by atoms with Gasteiger partial charge in [-0.3, -0.25) is 19.7 Å². The van der Waals surface area contributed by atoms with Crippen LogP contribution in [-0.2, 0) is 44.6 Å². The zero-order valence-electron chi connectivity index (χ0n) is 36.8. The SMILES string of the molecule is C=NS(=O)(=O)Cl.C=O.CNc1ccccc1.Cc1ncc(Br)cc1CS(=O)(=O)C(C)c1ccccc1.Cc1ncc(Br)cc1N.Cc1ncc(Br)cc1NS(=O)(=O)N1CCOC1=O.OCCCl. The van der Waals surface area contributed by atoms with Crippen molar-refractivity contribution in [3.8, 4) is 0 Å². The van der Waals surface area contributed by atoms with Crippen molar-refractivity contribution >= 4 is 136 Å². The Hall–Kier alpha value is -4.27. The van der Waals surface area contributed by atoms with Gasteiger partial charge < -0.3 is 25.7 Å². The average molecular weight is 1220 g/mol. The number of aliphatic hydroxyl groups excluding tert-OH is 1. The second-order valence-electron chi connectivity index (χ2n) is 12.7. The van der Waals surface area contributed by atoms with Crippen LogP contribution < -0.4 is 15.8 Å². The van der Waals surface area contributed by atoms with Crippen LogP contribution in [0.3, 0.4) is 0 Å². The van der Waals surface area contributed by atoms with E-state index in [2.05, 4.69) is 99.3 Å². The van der Waals surface area contributed by atoms with E-state index in [1.807, 2.05) is 100 Å². The summed E-state index contributed by atoms with van der Waals surface area (Å²) in [6.07, 6.45) is 4.08. The van der Waals surface area contributed by atoms with Gasteiger partial charge in [-0.25, -0.2) is 13.2 Å². The maximum Gasteiger partial charge on any atom is 0.425 e. The van der Waals surface area contributed by atoms with Gasteiger partial charge in [-0.05, 0) is 117 Å². The molecule has 1 fully saturated rings. The van der Waals surface area contributed by atoms with Crippen LogP contribution in [0, 0.1) is 20.8 Å². The number of para-hydroxylation sites is 1. The highest BCUT2D eigenvalue weighted by Crippen LogP contribution is 2.27. The molecule has 5 N–H and O–H groups in total. The molecule has 1 aliphatic heterocycles. The van der Waals surface area contributed by atoms with Gasteiger partial charge in [0.1, 0.15) is 13.4 Å². The van der Waals surface area contributed by atoms with Gasteiger partial charge in [-0.2, -0.15) is 25.5 Å². The van der Waals surface area contributed by atoms with Crippen LogP contribution in [0.2, 0.25) is 0 Å². The number of anilines is 3. The summed E-state index contributed by atoms with van der Waals surface area (Å²) in [5.41, 5.74) is 11.4. The van der Waals surface area contributed by atoms with Gasteiger partial charge in [0.2, 0.25) is 0 Å². The number of ether oxygens (including phenoxy) is 1. The Balaban J connectivity index is 0.000000838. The average Bonchev–Trinajstić information content (AvgIpc) is 3.76. The number of nitrogens with zero attached hydrogens (tertiary/aromatic N) is 5. The first-order valence-corrected chi connectivity index (χ1v) is 27.2. The number of halogens is 5. The Labute approximate surface area is 427 Å². The number of hydrogen-bond acceptors (Lipinski definition) is 15. The highest BCUT2D eigenvalue weighted by atomic mass is 79.9. The molecule has 4 heterocycles. The van der Waals surface area contributed by atoms with Crippen molar-refractivity contribution in [3.63, 3.8) is 0 Å². The minimum Gasteiger partial charge on any atom is -0.447 e. The summed E-state index contributed by atoms with van der Waals surface area (Å²) in [6.45, 7) is 11.9. The van der Waals surface area contributed by atoms with E-state index in [0.29, 0.717) is 26.0 Å². The number of carbonyl (C=O) groups excluding carboxylic acids is 2. The normalized spacial score (nSPS) is 11.9. The number of alkyl halides is 1. The lowest BCUT2D eigenvalue weighted by molar-refractivity contribution is -0.0980. The predicted molar refractivity (Wildman–Crippen MR) is 278 cm³/mol. The molecule has 1 aliphatic rings. The van der Waals surface area contributed by atoms with Gasteiger partial charge in [0.15, 0.2) is 9.84 Å². The summed E-state index contributed by atoms with van der Waals surface area (Å²) in [6, 6.07) is 24.6. The number of hydrogen-bond donors (Lipinski definition) is 4. The van der Waals surface area contributed by atoms with Gasteiger partial charge in [-0.15, -0.1) is 11.6 Å². The van der Waals surface area contributed by atoms with Gasteiger partial charge >= 0.3 is 25.5 Å². The first-order valence-electron chi connectivity index (χ1n) is 18.9. The van der Waals surface area contributed by atoms with Crippen LogP contribution in [-0.4, -0.2) is 102 Å². The standard InChI is InChI=1S/C15H16BrNO2S.C9H10BrN3O4S.C7H9N.C6H7BrN2.C2H5ClO.CH2ClNO2S.CH2O/c1-11-14(8-15(16)9-17-11)10-20(18,19)12(2)13-6-4-3-5-7-13;1-6-8(4-7(10)5-11-6)12-18(15,16)13-2-3-17-9(13)14;1-8-7-5-3-2-4-6-7;1-4-6(8)2-5(7)3-9-4;3-1-2-4;1-3-6(2,4)5;1-2/h3-9,12H,10H2,1-2H3;4-5,12H,2-3H2,1H3;2-6,8H,1H3;2-3H,8H2,1H3;4H,1-2H2;1H2;1H2. The highest BCUT2D eigenvalue weighted by Gasteiger charge is 2.34. The molecule has 1 atom stereocenters. The van der Waals surface area contributed by atoms with E-state index >= 15 is 0 Å². The molecule has 0 spiro atoms. The van der Waals surface area contributed by atoms with E-state index < -0.39 is 40.6 Å². The third-order valence-electron chi connectivity index (χ3n) is 8.02. The third kappa shape index (κ3) is 25.6. The second kappa shape index (κ2) is 32.5. The molecule has 6 rings (SSSR count). The molecule has 0 radical (unpaired) electrons. The van der Waals surface area contributed by atoms with E-state index in [0.717, 1.165) is 42.8 Å². The fraction of sp³-hybridized carbons (Fsp3) is 0.268. The van der Waals surface area contributed by atoms with Crippen molar-refractivity contribution in [2.45, 2.75) is 38.7 Å². The fourth-order valence-corrected chi connectivity index (χ4v) is 8.26. The summed E-state index contributed by atoms with van der Waals surface area (Å²) in [5, 5.41) is 10.2. The highest BCUT2D eigenvalue weighted by molar-refractivity contribution is 9.11. The number of amides is 1. The maximum atomic E-state index is 12.5. The van der Waals surface area contributed by atoms with Crippen molar-refractivity contribution in [1.82, 2.24) is 19.3 Å². The van der Waals surface area contributed by atoms with E-state index in [9.17, 15) is 30.0 Å². The number of aromatic nitrogens is 3. The molecule has 0 aliphatic carbocycles. The van der Waals surface area contributed by atoms with Crippen molar-refractivity contribution in [1.29, 1.82) is 0 Å². The number of nitrogens with one attached hydrogen (secondary N) is 2. The van der Waals surface area contributed by atoms with Crippen molar-refractivity contribution in [2.24, 2.45) is 4.40 Å². The molecule has 1 unspecified atom stereocenters. The van der Waals surface area contributed by atoms with Crippen LogP contribution in [0.1, 0.15) is 40.4 Å². The Morgan fingerprint density at radius 1 is 0.851 bits per heavy atom. The molecule has 0 bridgehead atoms. The number of nitrogens with two attached hydrogens (primary N) is 1. The molecule has 2 aromatic carbocycles. The smallest absolute Gasteiger partial charge is 0.425 e. The molecule has 0 saturated carbocycles. The van der Waals surface area contributed by atoms with Crippen molar-refractivity contribution in [2.75, 3.05) is 48.5 Å². The molecule has 18 nitrogen and oxygen atoms in total. The van der Waals surface area contributed by atoms with Gasteiger partial charge in [0.25, 0.3) is 0 Å². The van der Waals surface area contributed by atoms with Crippen molar-refractivity contribution in [3.05, 3.63) is 139 Å². The lowest BCUT2D eigenvalue weighted by Gasteiger charge is -2.16. The third-order valence-corrected chi connectivity index (χ3v) is 13.5. The summed E-state index contributed by atoms with van der Waals surface area (Å²) in [5.74, 6) is 0.349. The predicted octanol–water partition coefficient (Wildman–Crippen LogP) is 8.76. The zero-order valence-corrected chi connectivity index (χ0v) is 45.5. The summed E-state index contributed by atoms with van der Waals surface area (Å²) in [7, 11) is -4.52. The molecule has 5 aromatic rings.